The number of pyridine rings is 1. The summed E-state index contributed by atoms with van der Waals surface area (Å²) in [5.74, 6) is 1.33. The number of nitrogens with one attached hydrogen (secondary N) is 2. The smallest absolute Gasteiger partial charge is 0.228 e. The molecule has 1 aliphatic heterocycles. The summed E-state index contributed by atoms with van der Waals surface area (Å²) in [6.07, 6.45) is 11.2. The summed E-state index contributed by atoms with van der Waals surface area (Å²) in [5, 5.41) is 3.16. The Morgan fingerprint density at radius 1 is 1.21 bits per heavy atom. The highest BCUT2D eigenvalue weighted by molar-refractivity contribution is 5.48. The maximum Gasteiger partial charge on any atom is 0.228 e. The number of hydrogen-bond donors (Lipinski definition) is 2. The molecule has 0 radical (unpaired) electrons. The first kappa shape index (κ1) is 14.8. The van der Waals surface area contributed by atoms with Gasteiger partial charge in [0.25, 0.3) is 0 Å². The number of H-pyrrole nitrogens is 1. The van der Waals surface area contributed by atoms with Gasteiger partial charge in [0.15, 0.2) is 0 Å². The van der Waals surface area contributed by atoms with Gasteiger partial charge in [-0.25, -0.2) is 19.9 Å². The van der Waals surface area contributed by atoms with Crippen LogP contribution in [0.25, 0.3) is 0 Å². The van der Waals surface area contributed by atoms with Crippen molar-refractivity contribution in [2.45, 2.75) is 25.4 Å². The largest absolute Gasteiger partial charge is 0.347 e. The van der Waals surface area contributed by atoms with Crippen LogP contribution in [-0.4, -0.2) is 36.4 Å². The molecular weight excluding hydrogens is 302 g/mol. The normalized spacial score (nSPS) is 17.9. The van der Waals surface area contributed by atoms with Gasteiger partial charge in [0.1, 0.15) is 5.82 Å². The van der Waals surface area contributed by atoms with Crippen molar-refractivity contribution in [2.24, 2.45) is 0 Å². The Morgan fingerprint density at radius 3 is 2.96 bits per heavy atom. The van der Waals surface area contributed by atoms with E-state index in [0.29, 0.717) is 12.0 Å². The van der Waals surface area contributed by atoms with Crippen LogP contribution in [-0.2, 0) is 6.54 Å². The van der Waals surface area contributed by atoms with Crippen molar-refractivity contribution in [1.29, 1.82) is 0 Å². The lowest BCUT2D eigenvalue weighted by Gasteiger charge is -2.24. The highest BCUT2D eigenvalue weighted by Gasteiger charge is 2.26. The first-order valence-corrected chi connectivity index (χ1v) is 8.10. The Kier molecular flexibility index (Phi) is 4.16. The third-order valence-electron chi connectivity index (χ3n) is 4.27. The molecule has 1 fully saturated rings. The molecule has 3 aromatic heterocycles. The minimum absolute atomic E-state index is 0.397. The molecule has 0 amide bonds. The van der Waals surface area contributed by atoms with Gasteiger partial charge in [0.05, 0.1) is 6.33 Å². The third kappa shape index (κ3) is 3.26. The number of imidazole rings is 1. The number of anilines is 2. The molecule has 24 heavy (non-hydrogen) atoms. The first-order valence-electron chi connectivity index (χ1n) is 8.10. The van der Waals surface area contributed by atoms with Crippen LogP contribution < -0.4 is 5.32 Å². The lowest BCUT2D eigenvalue weighted by molar-refractivity contribution is 0.246. The van der Waals surface area contributed by atoms with Gasteiger partial charge in [-0.05, 0) is 43.1 Å². The monoisotopic (exact) mass is 321 g/mol. The molecule has 0 spiro atoms. The Labute approximate surface area is 140 Å². The molecule has 4 rings (SSSR count). The van der Waals surface area contributed by atoms with E-state index in [1.54, 1.807) is 24.8 Å². The molecule has 4 heterocycles. The maximum atomic E-state index is 4.38. The second kappa shape index (κ2) is 6.76. The summed E-state index contributed by atoms with van der Waals surface area (Å²) in [6, 6.07) is 6.37. The van der Waals surface area contributed by atoms with E-state index in [4.69, 9.17) is 0 Å². The minimum atomic E-state index is 0.397. The fourth-order valence-electron chi connectivity index (χ4n) is 3.18. The molecule has 3 aromatic rings. The molecule has 1 saturated heterocycles. The second-order valence-corrected chi connectivity index (χ2v) is 5.88. The number of aromatic nitrogens is 5. The summed E-state index contributed by atoms with van der Waals surface area (Å²) < 4.78 is 0. The third-order valence-corrected chi connectivity index (χ3v) is 4.27. The number of hydrogen-bond acceptors (Lipinski definition) is 6. The van der Waals surface area contributed by atoms with Crippen molar-refractivity contribution < 1.29 is 0 Å². The molecular formula is C17H19N7. The van der Waals surface area contributed by atoms with Crippen LogP contribution in [0.5, 0.6) is 0 Å². The highest BCUT2D eigenvalue weighted by atomic mass is 15.2. The molecule has 7 nitrogen and oxygen atoms in total. The van der Waals surface area contributed by atoms with Crippen LogP contribution in [0.2, 0.25) is 0 Å². The standard InChI is InChI=1S/C17H19N7/c1-3-15(24(8-1)11-14-10-18-12-22-14)13-4-7-19-16(9-13)23-17-20-5-2-6-21-17/h2,4-7,9-10,12,15H,1,3,8,11H2,(H,18,22)(H,19,20,21,23)/t15-/m1/s1. The van der Waals surface area contributed by atoms with Gasteiger partial charge < -0.3 is 10.3 Å². The van der Waals surface area contributed by atoms with E-state index in [-0.39, 0.29) is 0 Å². The molecule has 7 heteroatoms. The van der Waals surface area contributed by atoms with Gasteiger partial charge in [-0.1, -0.05) is 0 Å². The van der Waals surface area contributed by atoms with E-state index in [2.05, 4.69) is 47.3 Å². The number of rotatable bonds is 5. The van der Waals surface area contributed by atoms with Crippen molar-refractivity contribution in [1.82, 2.24) is 29.8 Å². The predicted octanol–water partition coefficient (Wildman–Crippen LogP) is 2.68. The van der Waals surface area contributed by atoms with Crippen molar-refractivity contribution in [2.75, 3.05) is 11.9 Å². The molecule has 1 aliphatic rings. The highest BCUT2D eigenvalue weighted by Crippen LogP contribution is 2.33. The summed E-state index contributed by atoms with van der Waals surface area (Å²) in [7, 11) is 0. The number of nitrogens with zero attached hydrogens (tertiary/aromatic N) is 5. The van der Waals surface area contributed by atoms with Crippen molar-refractivity contribution >= 4 is 11.8 Å². The van der Waals surface area contributed by atoms with Gasteiger partial charge in [-0.2, -0.15) is 0 Å². The fraction of sp³-hybridized carbons (Fsp3) is 0.294. The van der Waals surface area contributed by atoms with E-state index in [9.17, 15) is 0 Å². The summed E-state index contributed by atoms with van der Waals surface area (Å²) in [4.78, 5) is 22.5. The summed E-state index contributed by atoms with van der Waals surface area (Å²) in [6.45, 7) is 1.98. The van der Waals surface area contributed by atoms with E-state index in [1.165, 1.54) is 12.0 Å². The molecule has 0 unspecified atom stereocenters. The Bertz CT molecular complexity index is 773. The van der Waals surface area contributed by atoms with Gasteiger partial charge in [-0.3, -0.25) is 4.90 Å². The van der Waals surface area contributed by atoms with Crippen LogP contribution in [0, 0.1) is 0 Å². The SMILES string of the molecule is c1cnc(Nc2cc([C@H]3CCCN3Cc3cnc[nH]3)ccn2)nc1. The zero-order valence-electron chi connectivity index (χ0n) is 13.3. The quantitative estimate of drug-likeness (QED) is 0.752. The summed E-state index contributed by atoms with van der Waals surface area (Å²) >= 11 is 0. The van der Waals surface area contributed by atoms with Crippen LogP contribution in [0.1, 0.15) is 30.1 Å². The van der Waals surface area contributed by atoms with Crippen LogP contribution in [0.4, 0.5) is 11.8 Å². The predicted molar refractivity (Wildman–Crippen MR) is 90.5 cm³/mol. The zero-order chi connectivity index (χ0) is 16.2. The molecule has 2 N–H and O–H groups in total. The Hall–Kier alpha value is -2.80. The van der Waals surface area contributed by atoms with Gasteiger partial charge in [0.2, 0.25) is 5.95 Å². The molecule has 0 aliphatic carbocycles. The maximum absolute atomic E-state index is 4.38. The van der Waals surface area contributed by atoms with Crippen LogP contribution in [0.3, 0.4) is 0 Å². The van der Waals surface area contributed by atoms with Crippen LogP contribution in [0.15, 0.2) is 49.3 Å². The van der Waals surface area contributed by atoms with Gasteiger partial charge >= 0.3 is 0 Å². The minimum Gasteiger partial charge on any atom is -0.347 e. The molecule has 0 aromatic carbocycles. The van der Waals surface area contributed by atoms with Crippen molar-refractivity contribution in [3.63, 3.8) is 0 Å². The van der Waals surface area contributed by atoms with Crippen molar-refractivity contribution in [3.05, 3.63) is 60.6 Å². The fourth-order valence-corrected chi connectivity index (χ4v) is 3.18. The van der Waals surface area contributed by atoms with E-state index >= 15 is 0 Å². The van der Waals surface area contributed by atoms with E-state index in [0.717, 1.165) is 31.0 Å². The van der Waals surface area contributed by atoms with Crippen LogP contribution >= 0.6 is 0 Å². The number of likely N-dealkylation sites (tertiary alicyclic amines) is 1. The first-order chi connectivity index (χ1) is 11.9. The Morgan fingerprint density at radius 2 is 2.12 bits per heavy atom. The van der Waals surface area contributed by atoms with Gasteiger partial charge in [0, 0.05) is 43.1 Å². The second-order valence-electron chi connectivity index (χ2n) is 5.88. The molecule has 122 valence electrons. The van der Waals surface area contributed by atoms with E-state index in [1.807, 2.05) is 12.4 Å². The number of aromatic amines is 1. The molecule has 0 bridgehead atoms. The molecule has 0 saturated carbocycles. The zero-order valence-corrected chi connectivity index (χ0v) is 13.3. The van der Waals surface area contributed by atoms with Crippen molar-refractivity contribution in [3.8, 4) is 0 Å². The lowest BCUT2D eigenvalue weighted by atomic mass is 10.1. The summed E-state index contributed by atoms with van der Waals surface area (Å²) in [5.41, 5.74) is 2.41. The van der Waals surface area contributed by atoms with Gasteiger partial charge in [-0.15, -0.1) is 0 Å². The molecule has 1 atom stereocenters. The topological polar surface area (TPSA) is 82.6 Å². The Balaban J connectivity index is 1.51. The average Bonchev–Trinajstić information content (AvgIpc) is 3.28. The lowest BCUT2D eigenvalue weighted by Crippen LogP contribution is -2.23. The average molecular weight is 321 g/mol. The van der Waals surface area contributed by atoms with E-state index < -0.39 is 0 Å².